The summed E-state index contributed by atoms with van der Waals surface area (Å²) >= 11 is 0. The van der Waals surface area contributed by atoms with Crippen LogP contribution in [0, 0.1) is 5.41 Å². The quantitative estimate of drug-likeness (QED) is 0.517. The van der Waals surface area contributed by atoms with Crippen molar-refractivity contribution < 1.29 is 4.79 Å². The Labute approximate surface area is 83.2 Å². The fraction of sp³-hybridized carbons (Fsp3) is 0.444. The molecule has 0 aromatic carbocycles. The number of nitrogens with one attached hydrogen (secondary N) is 1. The molecule has 14 heavy (non-hydrogen) atoms. The van der Waals surface area contributed by atoms with E-state index in [4.69, 9.17) is 5.41 Å². The molecule has 1 N–H and O–H groups in total. The molecule has 0 aliphatic carbocycles. The monoisotopic (exact) mass is 194 g/mol. The zero-order chi connectivity index (χ0) is 10.4. The second-order valence-electron chi connectivity index (χ2n) is 2.89. The first kappa shape index (κ1) is 10.4. The third-order valence-corrected chi connectivity index (χ3v) is 1.84. The van der Waals surface area contributed by atoms with Gasteiger partial charge in [-0.25, -0.2) is 0 Å². The van der Waals surface area contributed by atoms with Crippen molar-refractivity contribution in [2.75, 3.05) is 19.6 Å². The average Bonchev–Trinajstić information content (AvgIpc) is 2.69. The first-order valence-corrected chi connectivity index (χ1v) is 4.46. The number of aliphatic imine (C=N–C) groups is 1. The van der Waals surface area contributed by atoms with Crippen LogP contribution in [-0.2, 0) is 4.79 Å². The number of allylic oxidation sites excluding steroid dienone is 1. The van der Waals surface area contributed by atoms with Gasteiger partial charge in [0.15, 0.2) is 0 Å². The normalized spacial score (nSPS) is 15.1. The van der Waals surface area contributed by atoms with Crippen molar-refractivity contribution in [3.05, 3.63) is 12.3 Å². The molecule has 0 fully saturated rings. The van der Waals surface area contributed by atoms with Crippen LogP contribution in [-0.4, -0.2) is 48.0 Å². The van der Waals surface area contributed by atoms with E-state index in [0.717, 1.165) is 6.34 Å². The van der Waals surface area contributed by atoms with E-state index in [1.807, 2.05) is 6.92 Å². The zero-order valence-electron chi connectivity index (χ0n) is 8.18. The van der Waals surface area contributed by atoms with E-state index in [2.05, 4.69) is 4.99 Å². The second kappa shape index (κ2) is 5.16. The van der Waals surface area contributed by atoms with E-state index in [1.165, 1.54) is 4.90 Å². The molecule has 1 rings (SSSR count). The third kappa shape index (κ3) is 2.69. The lowest BCUT2D eigenvalue weighted by Gasteiger charge is -2.17. The van der Waals surface area contributed by atoms with Gasteiger partial charge in [0.2, 0.25) is 5.91 Å². The topological polar surface area (TPSA) is 59.8 Å². The zero-order valence-corrected chi connectivity index (χ0v) is 8.18. The predicted molar refractivity (Wildman–Crippen MR) is 55.4 cm³/mol. The summed E-state index contributed by atoms with van der Waals surface area (Å²) in [6.45, 7) is 3.37. The number of nitrogens with zero attached hydrogens (tertiary/aromatic N) is 3. The number of rotatable bonds is 4. The molecule has 5 nitrogen and oxygen atoms in total. The highest BCUT2D eigenvalue weighted by Crippen LogP contribution is 1.96. The lowest BCUT2D eigenvalue weighted by atomic mass is 10.4. The Kier molecular flexibility index (Phi) is 3.84. The Morgan fingerprint density at radius 1 is 1.79 bits per heavy atom. The summed E-state index contributed by atoms with van der Waals surface area (Å²) in [6.07, 6.45) is 6.17. The van der Waals surface area contributed by atoms with Gasteiger partial charge in [0.25, 0.3) is 0 Å². The Bertz CT molecular complexity index is 272. The maximum absolute atomic E-state index is 11.5. The van der Waals surface area contributed by atoms with Gasteiger partial charge in [-0.15, -0.1) is 0 Å². The number of amides is 1. The van der Waals surface area contributed by atoms with Crippen molar-refractivity contribution >= 4 is 18.6 Å². The van der Waals surface area contributed by atoms with Gasteiger partial charge in [0.05, 0.1) is 19.2 Å². The van der Waals surface area contributed by atoms with Crippen LogP contribution in [0.25, 0.3) is 0 Å². The SMILES string of the molecule is C/C=C\N(C=N)CC(=O)N1C=NCC1. The minimum atomic E-state index is -0.0344. The smallest absolute Gasteiger partial charge is 0.247 e. The van der Waals surface area contributed by atoms with E-state index in [0.29, 0.717) is 13.1 Å². The largest absolute Gasteiger partial charge is 0.330 e. The predicted octanol–water partition coefficient (Wildman–Crippen LogP) is 0.300. The molecule has 0 saturated heterocycles. The molecule has 1 aliphatic rings. The van der Waals surface area contributed by atoms with Gasteiger partial charge in [0.1, 0.15) is 6.54 Å². The van der Waals surface area contributed by atoms with Crippen LogP contribution in [0.3, 0.4) is 0 Å². The Hall–Kier alpha value is -1.65. The Balaban J connectivity index is 2.45. The fourth-order valence-corrected chi connectivity index (χ4v) is 1.15. The molecule has 0 aromatic heterocycles. The molecule has 0 atom stereocenters. The van der Waals surface area contributed by atoms with Crippen molar-refractivity contribution in [3.63, 3.8) is 0 Å². The van der Waals surface area contributed by atoms with Gasteiger partial charge in [-0.2, -0.15) is 0 Å². The summed E-state index contributed by atoms with van der Waals surface area (Å²) < 4.78 is 0. The van der Waals surface area contributed by atoms with Crippen molar-refractivity contribution in [2.24, 2.45) is 4.99 Å². The van der Waals surface area contributed by atoms with Crippen molar-refractivity contribution in [1.29, 1.82) is 5.41 Å². The highest BCUT2D eigenvalue weighted by Gasteiger charge is 2.15. The Morgan fingerprint density at radius 3 is 3.07 bits per heavy atom. The van der Waals surface area contributed by atoms with Crippen LogP contribution in [0.4, 0.5) is 0 Å². The van der Waals surface area contributed by atoms with Crippen molar-refractivity contribution in [2.45, 2.75) is 6.92 Å². The lowest BCUT2D eigenvalue weighted by Crippen LogP contribution is -2.36. The maximum Gasteiger partial charge on any atom is 0.247 e. The van der Waals surface area contributed by atoms with E-state index >= 15 is 0 Å². The van der Waals surface area contributed by atoms with E-state index < -0.39 is 0 Å². The highest BCUT2D eigenvalue weighted by molar-refractivity contribution is 5.90. The van der Waals surface area contributed by atoms with Gasteiger partial charge in [-0.3, -0.25) is 20.1 Å². The molecule has 0 saturated carbocycles. The second-order valence-corrected chi connectivity index (χ2v) is 2.89. The molecule has 76 valence electrons. The van der Waals surface area contributed by atoms with E-state index in [9.17, 15) is 4.79 Å². The number of hydrogen-bond acceptors (Lipinski definition) is 3. The summed E-state index contributed by atoms with van der Waals surface area (Å²) in [7, 11) is 0. The lowest BCUT2D eigenvalue weighted by molar-refractivity contribution is -0.126. The van der Waals surface area contributed by atoms with Crippen LogP contribution >= 0.6 is 0 Å². The van der Waals surface area contributed by atoms with Gasteiger partial charge in [0, 0.05) is 12.7 Å². The summed E-state index contributed by atoms with van der Waals surface area (Å²) in [5, 5.41) is 7.07. The van der Waals surface area contributed by atoms with Gasteiger partial charge < -0.3 is 4.90 Å². The van der Waals surface area contributed by atoms with Gasteiger partial charge >= 0.3 is 0 Å². The molecule has 5 heteroatoms. The third-order valence-electron chi connectivity index (χ3n) is 1.84. The molecule has 1 heterocycles. The average molecular weight is 194 g/mol. The minimum absolute atomic E-state index is 0.0344. The molecular formula is C9H14N4O. The van der Waals surface area contributed by atoms with Gasteiger partial charge in [-0.1, -0.05) is 6.08 Å². The summed E-state index contributed by atoms with van der Waals surface area (Å²) in [6, 6.07) is 0. The van der Waals surface area contributed by atoms with Gasteiger partial charge in [-0.05, 0) is 6.92 Å². The van der Waals surface area contributed by atoms with E-state index in [1.54, 1.807) is 23.5 Å². The first-order chi connectivity index (χ1) is 6.77. The van der Waals surface area contributed by atoms with Crippen molar-refractivity contribution in [1.82, 2.24) is 9.80 Å². The molecule has 0 unspecified atom stereocenters. The molecular weight excluding hydrogens is 180 g/mol. The van der Waals surface area contributed by atoms with Crippen LogP contribution in [0.2, 0.25) is 0 Å². The maximum atomic E-state index is 11.5. The van der Waals surface area contributed by atoms with E-state index in [-0.39, 0.29) is 12.5 Å². The molecule has 0 spiro atoms. The molecule has 0 aromatic rings. The number of carbonyl (C=O) groups excluding carboxylic acids is 1. The minimum Gasteiger partial charge on any atom is -0.330 e. The van der Waals surface area contributed by atoms with Crippen LogP contribution in [0.1, 0.15) is 6.92 Å². The number of carbonyl (C=O) groups is 1. The Morgan fingerprint density at radius 2 is 2.57 bits per heavy atom. The molecule has 1 amide bonds. The first-order valence-electron chi connectivity index (χ1n) is 4.46. The summed E-state index contributed by atoms with van der Waals surface area (Å²) in [4.78, 5) is 18.6. The standard InChI is InChI=1S/C9H14N4O/c1-2-4-12(7-10)6-9(14)13-5-3-11-8-13/h2,4,7-8,10H,3,5-6H2,1H3/b4-2-,10-7?. The summed E-state index contributed by atoms with van der Waals surface area (Å²) in [5.41, 5.74) is 0. The molecule has 0 radical (unpaired) electrons. The fourth-order valence-electron chi connectivity index (χ4n) is 1.15. The van der Waals surface area contributed by atoms with Crippen LogP contribution in [0.5, 0.6) is 0 Å². The summed E-state index contributed by atoms with van der Waals surface area (Å²) in [5.74, 6) is -0.0344. The van der Waals surface area contributed by atoms with Crippen LogP contribution < -0.4 is 0 Å². The van der Waals surface area contributed by atoms with Crippen LogP contribution in [0.15, 0.2) is 17.3 Å². The molecule has 0 bridgehead atoms. The highest BCUT2D eigenvalue weighted by atomic mass is 16.2. The number of hydrogen-bond donors (Lipinski definition) is 1. The molecule has 1 aliphatic heterocycles. The van der Waals surface area contributed by atoms with Crippen molar-refractivity contribution in [3.8, 4) is 0 Å².